The van der Waals surface area contributed by atoms with E-state index in [-0.39, 0.29) is 37.4 Å². The maximum absolute atomic E-state index is 13.8. The van der Waals surface area contributed by atoms with Gasteiger partial charge in [0.15, 0.2) is 0 Å². The summed E-state index contributed by atoms with van der Waals surface area (Å²) >= 11 is 0. The van der Waals surface area contributed by atoms with Crippen molar-refractivity contribution in [1.29, 1.82) is 0 Å². The smallest absolute Gasteiger partial charge is 0.243 e. The quantitative estimate of drug-likeness (QED) is 0.317. The van der Waals surface area contributed by atoms with Gasteiger partial charge in [0, 0.05) is 32.0 Å². The van der Waals surface area contributed by atoms with E-state index >= 15 is 0 Å². The molecule has 1 N–H and O–H groups in total. The third-order valence-electron chi connectivity index (χ3n) is 6.89. The van der Waals surface area contributed by atoms with E-state index in [4.69, 9.17) is 0 Å². The molecule has 0 aliphatic carbocycles. The lowest BCUT2D eigenvalue weighted by atomic mass is 10.0. The Kier molecular flexibility index (Phi) is 10.9. The topological polar surface area (TPSA) is 86.8 Å². The van der Waals surface area contributed by atoms with E-state index in [1.807, 2.05) is 100 Å². The Balaban J connectivity index is 1.88. The van der Waals surface area contributed by atoms with Crippen molar-refractivity contribution < 1.29 is 18.0 Å². The van der Waals surface area contributed by atoms with Crippen LogP contribution in [-0.2, 0) is 32.6 Å². The van der Waals surface area contributed by atoms with Gasteiger partial charge in [0.25, 0.3) is 0 Å². The molecule has 0 fully saturated rings. The molecule has 0 bridgehead atoms. The number of carbonyl (C=O) groups is 2. The Morgan fingerprint density at radius 2 is 1.45 bits per heavy atom. The van der Waals surface area contributed by atoms with Gasteiger partial charge in [-0.05, 0) is 62.4 Å². The fourth-order valence-electron chi connectivity index (χ4n) is 4.70. The average molecular weight is 564 g/mol. The van der Waals surface area contributed by atoms with Gasteiger partial charge < -0.3 is 10.2 Å². The minimum absolute atomic E-state index is 0.0830. The van der Waals surface area contributed by atoms with Crippen LogP contribution < -0.4 is 9.62 Å². The highest BCUT2D eigenvalue weighted by molar-refractivity contribution is 7.92. The van der Waals surface area contributed by atoms with Crippen LogP contribution >= 0.6 is 0 Å². The molecule has 7 nitrogen and oxygen atoms in total. The Bertz CT molecular complexity index is 1380. The van der Waals surface area contributed by atoms with Crippen LogP contribution in [0.4, 0.5) is 5.69 Å². The van der Waals surface area contributed by atoms with E-state index in [2.05, 4.69) is 5.32 Å². The Labute approximate surface area is 239 Å². The molecule has 8 heteroatoms. The van der Waals surface area contributed by atoms with Gasteiger partial charge in [-0.2, -0.15) is 0 Å². The van der Waals surface area contributed by atoms with Crippen LogP contribution in [0.1, 0.15) is 48.9 Å². The maximum Gasteiger partial charge on any atom is 0.243 e. The minimum Gasteiger partial charge on any atom is -0.352 e. The number of benzene rings is 3. The lowest BCUT2D eigenvalue weighted by Crippen LogP contribution is -2.51. The van der Waals surface area contributed by atoms with Crippen molar-refractivity contribution in [3.05, 3.63) is 101 Å². The third kappa shape index (κ3) is 8.68. The molecule has 0 aromatic heterocycles. The summed E-state index contributed by atoms with van der Waals surface area (Å²) in [5.74, 6) is -0.408. The molecule has 0 saturated carbocycles. The molecule has 0 aliphatic heterocycles. The molecule has 0 aliphatic rings. The molecule has 0 radical (unpaired) electrons. The van der Waals surface area contributed by atoms with Crippen LogP contribution in [0.2, 0.25) is 0 Å². The van der Waals surface area contributed by atoms with E-state index in [1.54, 1.807) is 11.0 Å². The predicted octanol–water partition coefficient (Wildman–Crippen LogP) is 5.01. The molecule has 214 valence electrons. The van der Waals surface area contributed by atoms with Gasteiger partial charge in [-0.1, -0.05) is 72.8 Å². The second-order valence-corrected chi connectivity index (χ2v) is 12.4. The monoisotopic (exact) mass is 563 g/mol. The first-order valence-electron chi connectivity index (χ1n) is 13.7. The number of aryl methyl sites for hydroxylation is 1. The van der Waals surface area contributed by atoms with Crippen molar-refractivity contribution in [2.45, 2.75) is 65.6 Å². The van der Waals surface area contributed by atoms with Crippen LogP contribution in [-0.4, -0.2) is 50.0 Å². The van der Waals surface area contributed by atoms with Gasteiger partial charge >= 0.3 is 0 Å². The zero-order chi connectivity index (χ0) is 29.3. The highest BCUT2D eigenvalue weighted by Crippen LogP contribution is 2.26. The van der Waals surface area contributed by atoms with Gasteiger partial charge in [0.05, 0.1) is 11.9 Å². The molecular formula is C32H41N3O4S. The number of nitrogens with zero attached hydrogens (tertiary/aromatic N) is 2. The highest BCUT2D eigenvalue weighted by atomic mass is 32.2. The Morgan fingerprint density at radius 3 is 2.02 bits per heavy atom. The molecule has 0 spiro atoms. The molecule has 2 amide bonds. The number of carbonyl (C=O) groups excluding carboxylic acids is 2. The zero-order valence-electron chi connectivity index (χ0n) is 24.1. The Hall–Kier alpha value is -3.65. The molecule has 0 heterocycles. The second-order valence-electron chi connectivity index (χ2n) is 10.5. The lowest BCUT2D eigenvalue weighted by molar-refractivity contribution is -0.141. The van der Waals surface area contributed by atoms with Gasteiger partial charge in [0.2, 0.25) is 21.8 Å². The molecule has 1 atom stereocenters. The SMILES string of the molecule is Cc1cccc(N(CCCC(=O)N(Cc2ccccc2)[C@H](Cc2ccccc2)C(=O)NC(C)C)S(C)(=O)=O)c1C. The largest absolute Gasteiger partial charge is 0.352 e. The molecule has 3 aromatic rings. The summed E-state index contributed by atoms with van der Waals surface area (Å²) in [5.41, 5.74) is 4.37. The van der Waals surface area contributed by atoms with Crippen LogP contribution in [0.5, 0.6) is 0 Å². The molecule has 40 heavy (non-hydrogen) atoms. The van der Waals surface area contributed by atoms with Crippen LogP contribution in [0, 0.1) is 13.8 Å². The van der Waals surface area contributed by atoms with Crippen molar-refractivity contribution in [2.24, 2.45) is 0 Å². The summed E-state index contributed by atoms with van der Waals surface area (Å²) in [5, 5.41) is 2.99. The normalized spacial score (nSPS) is 12.2. The van der Waals surface area contributed by atoms with E-state index < -0.39 is 16.1 Å². The first-order valence-corrected chi connectivity index (χ1v) is 15.5. The summed E-state index contributed by atoms with van der Waals surface area (Å²) in [6.45, 7) is 8.07. The fourth-order valence-corrected chi connectivity index (χ4v) is 5.72. The summed E-state index contributed by atoms with van der Waals surface area (Å²) in [6, 6.07) is 24.0. The van der Waals surface area contributed by atoms with Gasteiger partial charge in [-0.15, -0.1) is 0 Å². The second kappa shape index (κ2) is 14.1. The Morgan fingerprint density at radius 1 is 0.850 bits per heavy atom. The van der Waals surface area contributed by atoms with Gasteiger partial charge in [-0.25, -0.2) is 8.42 Å². The van der Waals surface area contributed by atoms with Crippen molar-refractivity contribution in [3.8, 4) is 0 Å². The number of anilines is 1. The number of hydrogen-bond donors (Lipinski definition) is 1. The van der Waals surface area contributed by atoms with Gasteiger partial charge in [0.1, 0.15) is 6.04 Å². The molecule has 3 aromatic carbocycles. The van der Waals surface area contributed by atoms with Crippen molar-refractivity contribution >= 4 is 27.5 Å². The minimum atomic E-state index is -3.56. The average Bonchev–Trinajstić information content (AvgIpc) is 2.90. The third-order valence-corrected chi connectivity index (χ3v) is 8.07. The number of rotatable bonds is 13. The molecular weight excluding hydrogens is 522 g/mol. The predicted molar refractivity (Wildman–Crippen MR) is 162 cm³/mol. The number of sulfonamides is 1. The molecule has 0 unspecified atom stereocenters. The van der Waals surface area contributed by atoms with Gasteiger partial charge in [-0.3, -0.25) is 13.9 Å². The molecule has 0 saturated heterocycles. The first-order chi connectivity index (χ1) is 19.0. The molecule has 3 rings (SSSR count). The van der Waals surface area contributed by atoms with E-state index in [0.29, 0.717) is 18.5 Å². The van der Waals surface area contributed by atoms with E-state index in [0.717, 1.165) is 22.3 Å². The standard InChI is InChI=1S/C32H41N3O4S/c1-24(2)33-32(37)30(22-27-15-8-6-9-16-27)34(23-28-17-10-7-11-18-28)31(36)20-13-21-35(40(5,38)39)29-19-12-14-25(3)26(29)4/h6-12,14-19,24,30H,13,20-23H2,1-5H3,(H,33,37)/t30-/m1/s1. The van der Waals surface area contributed by atoms with Crippen LogP contribution in [0.25, 0.3) is 0 Å². The summed E-state index contributed by atoms with van der Waals surface area (Å²) in [6.07, 6.45) is 1.97. The van der Waals surface area contributed by atoms with E-state index in [1.165, 1.54) is 10.6 Å². The first kappa shape index (κ1) is 30.9. The maximum atomic E-state index is 13.8. The lowest BCUT2D eigenvalue weighted by Gasteiger charge is -2.32. The van der Waals surface area contributed by atoms with Crippen LogP contribution in [0.15, 0.2) is 78.9 Å². The highest BCUT2D eigenvalue weighted by Gasteiger charge is 2.31. The number of nitrogens with one attached hydrogen (secondary N) is 1. The van der Waals surface area contributed by atoms with Crippen LogP contribution in [0.3, 0.4) is 0 Å². The van der Waals surface area contributed by atoms with Crippen molar-refractivity contribution in [2.75, 3.05) is 17.1 Å². The summed E-state index contributed by atoms with van der Waals surface area (Å²) < 4.78 is 26.8. The zero-order valence-corrected chi connectivity index (χ0v) is 24.9. The number of hydrogen-bond acceptors (Lipinski definition) is 4. The summed E-state index contributed by atoms with van der Waals surface area (Å²) in [4.78, 5) is 28.9. The number of amides is 2. The van der Waals surface area contributed by atoms with Crippen molar-refractivity contribution in [1.82, 2.24) is 10.2 Å². The van der Waals surface area contributed by atoms with E-state index in [9.17, 15) is 18.0 Å². The van der Waals surface area contributed by atoms with Crippen molar-refractivity contribution in [3.63, 3.8) is 0 Å². The fraction of sp³-hybridized carbons (Fsp3) is 0.375. The summed E-state index contributed by atoms with van der Waals surface area (Å²) in [7, 11) is -3.56.